The van der Waals surface area contributed by atoms with Crippen molar-refractivity contribution < 1.29 is 23.8 Å². The summed E-state index contributed by atoms with van der Waals surface area (Å²) >= 11 is 0. The molecule has 0 aromatic heterocycles. The van der Waals surface area contributed by atoms with Gasteiger partial charge in [-0.2, -0.15) is 0 Å². The maximum absolute atomic E-state index is 13.1. The molecule has 0 saturated carbocycles. The van der Waals surface area contributed by atoms with Crippen molar-refractivity contribution in [3.8, 4) is 17.2 Å². The van der Waals surface area contributed by atoms with E-state index in [0.717, 1.165) is 5.56 Å². The van der Waals surface area contributed by atoms with Gasteiger partial charge in [-0.25, -0.2) is 9.69 Å². The van der Waals surface area contributed by atoms with Crippen molar-refractivity contribution in [3.63, 3.8) is 0 Å². The Kier molecular flexibility index (Phi) is 7.78. The number of ketones is 1. The number of benzene rings is 4. The van der Waals surface area contributed by atoms with Crippen LogP contribution in [-0.4, -0.2) is 26.1 Å². The van der Waals surface area contributed by atoms with Gasteiger partial charge in [0.25, 0.3) is 0 Å². The van der Waals surface area contributed by atoms with Crippen LogP contribution in [0.2, 0.25) is 0 Å². The molecule has 0 atom stereocenters. The first-order valence-electron chi connectivity index (χ1n) is 11.3. The molecule has 180 valence electrons. The molecule has 6 heteroatoms. The Bertz CT molecular complexity index is 1310. The third-order valence-corrected chi connectivity index (χ3v) is 5.39. The van der Waals surface area contributed by atoms with Crippen molar-refractivity contribution in [2.75, 3.05) is 19.1 Å². The van der Waals surface area contributed by atoms with Crippen molar-refractivity contribution in [1.29, 1.82) is 0 Å². The van der Waals surface area contributed by atoms with Crippen LogP contribution in [0.25, 0.3) is 6.08 Å². The third kappa shape index (κ3) is 5.80. The normalized spacial score (nSPS) is 10.6. The molecule has 0 radical (unpaired) electrons. The SMILES string of the molecule is COc1ccc(/C=C/C(=O)c2ccc(OC(=O)N(c3ccccc3)c3ccccc3)cc2)cc1OC. The van der Waals surface area contributed by atoms with Gasteiger partial charge in [0.15, 0.2) is 17.3 Å². The number of amides is 1. The smallest absolute Gasteiger partial charge is 0.424 e. The fourth-order valence-corrected chi connectivity index (χ4v) is 3.57. The fraction of sp³-hybridized carbons (Fsp3) is 0.0667. The average molecular weight is 480 g/mol. The number of hydrogen-bond donors (Lipinski definition) is 0. The lowest BCUT2D eigenvalue weighted by Gasteiger charge is -2.22. The van der Waals surface area contributed by atoms with Crippen LogP contribution in [0.5, 0.6) is 17.2 Å². The second-order valence-corrected chi connectivity index (χ2v) is 7.71. The van der Waals surface area contributed by atoms with Gasteiger partial charge in [0, 0.05) is 5.56 Å². The lowest BCUT2D eigenvalue weighted by atomic mass is 10.1. The molecule has 0 aliphatic carbocycles. The van der Waals surface area contributed by atoms with E-state index in [1.54, 1.807) is 56.7 Å². The quantitative estimate of drug-likeness (QED) is 0.202. The number of hydrogen-bond acceptors (Lipinski definition) is 5. The molecular formula is C30H25NO5. The van der Waals surface area contributed by atoms with Crippen LogP contribution >= 0.6 is 0 Å². The van der Waals surface area contributed by atoms with Gasteiger partial charge in [0.2, 0.25) is 0 Å². The monoisotopic (exact) mass is 479 g/mol. The Morgan fingerprint density at radius 1 is 0.694 bits per heavy atom. The maximum Gasteiger partial charge on any atom is 0.424 e. The number of allylic oxidation sites excluding steroid dienone is 1. The summed E-state index contributed by atoms with van der Waals surface area (Å²) < 4.78 is 16.2. The van der Waals surface area contributed by atoms with Crippen molar-refractivity contribution in [2.45, 2.75) is 0 Å². The van der Waals surface area contributed by atoms with E-state index in [2.05, 4.69) is 0 Å². The van der Waals surface area contributed by atoms with E-state index >= 15 is 0 Å². The lowest BCUT2D eigenvalue weighted by molar-refractivity contribution is 0.104. The number of ether oxygens (including phenoxy) is 3. The maximum atomic E-state index is 13.1. The van der Waals surface area contributed by atoms with Gasteiger partial charge in [0.1, 0.15) is 5.75 Å². The number of anilines is 2. The zero-order valence-electron chi connectivity index (χ0n) is 20.0. The number of methoxy groups -OCH3 is 2. The molecule has 0 spiro atoms. The molecule has 0 bridgehead atoms. The Labute approximate surface area is 210 Å². The third-order valence-electron chi connectivity index (χ3n) is 5.39. The molecule has 6 nitrogen and oxygen atoms in total. The standard InChI is InChI=1S/C30H25NO5/c1-34-28-20-14-22(21-29(28)35-2)13-19-27(32)23-15-17-26(18-16-23)36-30(33)31(24-9-5-3-6-10-24)25-11-7-4-8-12-25/h3-21H,1-2H3/b19-13+. The second-order valence-electron chi connectivity index (χ2n) is 7.71. The molecule has 0 aliphatic heterocycles. The Balaban J connectivity index is 1.46. The average Bonchev–Trinajstić information content (AvgIpc) is 2.93. The zero-order valence-corrected chi connectivity index (χ0v) is 20.0. The Hall–Kier alpha value is -4.84. The molecule has 4 aromatic rings. The molecule has 0 aliphatic rings. The van der Waals surface area contributed by atoms with E-state index in [9.17, 15) is 9.59 Å². The fourth-order valence-electron chi connectivity index (χ4n) is 3.57. The van der Waals surface area contributed by atoms with E-state index < -0.39 is 6.09 Å². The number of rotatable bonds is 8. The highest BCUT2D eigenvalue weighted by molar-refractivity contribution is 6.07. The van der Waals surface area contributed by atoms with Gasteiger partial charge in [-0.1, -0.05) is 48.5 Å². The van der Waals surface area contributed by atoms with Crippen LogP contribution in [0.3, 0.4) is 0 Å². The molecule has 0 N–H and O–H groups in total. The molecule has 0 unspecified atom stereocenters. The molecule has 0 heterocycles. The van der Waals surface area contributed by atoms with Crippen molar-refractivity contribution in [3.05, 3.63) is 120 Å². The summed E-state index contributed by atoms with van der Waals surface area (Å²) in [5, 5.41) is 0. The molecule has 36 heavy (non-hydrogen) atoms. The highest BCUT2D eigenvalue weighted by Crippen LogP contribution is 2.29. The number of carbonyl (C=O) groups excluding carboxylic acids is 2. The van der Waals surface area contributed by atoms with Crippen LogP contribution in [0.4, 0.5) is 16.2 Å². The van der Waals surface area contributed by atoms with E-state index in [0.29, 0.717) is 34.2 Å². The number of carbonyl (C=O) groups is 2. The summed E-state index contributed by atoms with van der Waals surface area (Å²) in [6.45, 7) is 0. The summed E-state index contributed by atoms with van der Waals surface area (Å²) in [4.78, 5) is 27.2. The molecule has 0 fully saturated rings. The van der Waals surface area contributed by atoms with Crippen LogP contribution in [0.1, 0.15) is 15.9 Å². The minimum Gasteiger partial charge on any atom is -0.493 e. The first kappa shape index (κ1) is 24.3. The van der Waals surface area contributed by atoms with Crippen molar-refractivity contribution in [1.82, 2.24) is 0 Å². The van der Waals surface area contributed by atoms with E-state index in [1.165, 1.54) is 11.0 Å². The van der Waals surface area contributed by atoms with E-state index in [4.69, 9.17) is 14.2 Å². The number of nitrogens with zero attached hydrogens (tertiary/aromatic N) is 1. The van der Waals surface area contributed by atoms with Gasteiger partial charge in [-0.3, -0.25) is 4.79 Å². The van der Waals surface area contributed by atoms with Gasteiger partial charge in [-0.15, -0.1) is 0 Å². The molecular weight excluding hydrogens is 454 g/mol. The van der Waals surface area contributed by atoms with Crippen LogP contribution in [0, 0.1) is 0 Å². The first-order valence-corrected chi connectivity index (χ1v) is 11.3. The van der Waals surface area contributed by atoms with Gasteiger partial charge >= 0.3 is 6.09 Å². The minimum atomic E-state index is -0.556. The topological polar surface area (TPSA) is 65.1 Å². The van der Waals surface area contributed by atoms with E-state index in [1.807, 2.05) is 66.7 Å². The van der Waals surface area contributed by atoms with Gasteiger partial charge < -0.3 is 14.2 Å². The molecule has 1 amide bonds. The summed E-state index contributed by atoms with van der Waals surface area (Å²) in [5.74, 6) is 1.35. The van der Waals surface area contributed by atoms with Gasteiger partial charge in [0.05, 0.1) is 25.6 Å². The van der Waals surface area contributed by atoms with Crippen LogP contribution in [-0.2, 0) is 0 Å². The van der Waals surface area contributed by atoms with Gasteiger partial charge in [-0.05, 0) is 72.3 Å². The summed E-state index contributed by atoms with van der Waals surface area (Å²) in [6, 6.07) is 30.4. The van der Waals surface area contributed by atoms with Crippen molar-refractivity contribution in [2.24, 2.45) is 0 Å². The number of para-hydroxylation sites is 2. The Morgan fingerprint density at radius 2 is 1.28 bits per heavy atom. The Morgan fingerprint density at radius 3 is 1.83 bits per heavy atom. The predicted molar refractivity (Wildman–Crippen MR) is 140 cm³/mol. The molecule has 4 rings (SSSR count). The summed E-state index contributed by atoms with van der Waals surface area (Å²) in [7, 11) is 3.13. The lowest BCUT2D eigenvalue weighted by Crippen LogP contribution is -2.29. The summed E-state index contributed by atoms with van der Waals surface area (Å²) in [6.07, 6.45) is 2.63. The highest BCUT2D eigenvalue weighted by atomic mass is 16.6. The largest absolute Gasteiger partial charge is 0.493 e. The van der Waals surface area contributed by atoms with Crippen LogP contribution < -0.4 is 19.1 Å². The first-order chi connectivity index (χ1) is 17.6. The predicted octanol–water partition coefficient (Wildman–Crippen LogP) is 6.94. The minimum absolute atomic E-state index is 0.183. The van der Waals surface area contributed by atoms with Crippen molar-refractivity contribution >= 4 is 29.3 Å². The van der Waals surface area contributed by atoms with Crippen LogP contribution in [0.15, 0.2) is 109 Å². The summed E-state index contributed by atoms with van der Waals surface area (Å²) in [5.41, 5.74) is 2.63. The second kappa shape index (κ2) is 11.5. The molecule has 4 aromatic carbocycles. The van der Waals surface area contributed by atoms with E-state index in [-0.39, 0.29) is 5.78 Å². The molecule has 0 saturated heterocycles. The highest BCUT2D eigenvalue weighted by Gasteiger charge is 2.20. The zero-order chi connectivity index (χ0) is 25.3.